The van der Waals surface area contributed by atoms with Crippen molar-refractivity contribution in [3.63, 3.8) is 0 Å². The fourth-order valence-corrected chi connectivity index (χ4v) is 2.14. The maximum absolute atomic E-state index is 5.69. The molecule has 0 aromatic carbocycles. The second-order valence-electron chi connectivity index (χ2n) is 4.42. The lowest BCUT2D eigenvalue weighted by atomic mass is 10.1. The Labute approximate surface area is 102 Å². The molecule has 2 rings (SSSR count). The van der Waals surface area contributed by atoms with Crippen LogP contribution in [-0.2, 0) is 0 Å². The molecule has 2 N–H and O–H groups in total. The maximum atomic E-state index is 5.69. The van der Waals surface area contributed by atoms with Gasteiger partial charge in [0.25, 0.3) is 0 Å². The van der Waals surface area contributed by atoms with Crippen LogP contribution in [0.4, 0.5) is 5.69 Å². The van der Waals surface area contributed by atoms with Gasteiger partial charge in [0, 0.05) is 19.3 Å². The van der Waals surface area contributed by atoms with Gasteiger partial charge in [-0.3, -0.25) is 4.98 Å². The second kappa shape index (κ2) is 4.37. The Morgan fingerprint density at radius 2 is 2.31 bits per heavy atom. The second-order valence-corrected chi connectivity index (χ2v) is 4.86. The number of hydrogen-bond acceptors (Lipinski definition) is 3. The molecule has 1 heterocycles. The molecule has 0 bridgehead atoms. The molecule has 86 valence electrons. The fraction of sp³-hybridized carbons (Fsp3) is 0.500. The monoisotopic (exact) mass is 235 g/mol. The summed E-state index contributed by atoms with van der Waals surface area (Å²) in [5.41, 5.74) is 7.45. The molecule has 0 radical (unpaired) electrons. The molecule has 1 aliphatic rings. The Kier molecular flexibility index (Phi) is 3.10. The van der Waals surface area contributed by atoms with Crippen molar-refractivity contribution < 1.29 is 0 Å². The highest BCUT2D eigenvalue weighted by Crippen LogP contribution is 2.36. The summed E-state index contributed by atoms with van der Waals surface area (Å²) in [5, 5.41) is 0. The lowest BCUT2D eigenvalue weighted by molar-refractivity contribution is 0.608. The zero-order valence-corrected chi connectivity index (χ0v) is 10.5. The van der Waals surface area contributed by atoms with Gasteiger partial charge in [0.05, 0.1) is 5.69 Å². The number of anilines is 1. The van der Waals surface area contributed by atoms with E-state index in [-0.39, 0.29) is 0 Å². The van der Waals surface area contributed by atoms with Crippen LogP contribution < -0.4 is 10.6 Å². The van der Waals surface area contributed by atoms with Crippen LogP contribution in [0, 0.1) is 5.92 Å². The van der Waals surface area contributed by atoms with Crippen LogP contribution in [0.15, 0.2) is 18.3 Å². The van der Waals surface area contributed by atoms with E-state index in [4.69, 9.17) is 18.0 Å². The van der Waals surface area contributed by atoms with Crippen LogP contribution >= 0.6 is 12.2 Å². The van der Waals surface area contributed by atoms with Gasteiger partial charge < -0.3 is 10.6 Å². The summed E-state index contributed by atoms with van der Waals surface area (Å²) >= 11 is 5.03. The fourth-order valence-electron chi connectivity index (χ4n) is 1.99. The van der Waals surface area contributed by atoms with Gasteiger partial charge in [-0.1, -0.05) is 12.2 Å². The topological polar surface area (TPSA) is 42.2 Å². The quantitative estimate of drug-likeness (QED) is 0.810. The third-order valence-corrected chi connectivity index (χ3v) is 3.51. The molecule has 1 saturated carbocycles. The van der Waals surface area contributed by atoms with Crippen molar-refractivity contribution >= 4 is 22.9 Å². The van der Waals surface area contributed by atoms with Crippen LogP contribution in [0.2, 0.25) is 0 Å². The normalized spacial score (nSPS) is 16.9. The van der Waals surface area contributed by atoms with Crippen LogP contribution in [0.25, 0.3) is 0 Å². The first kappa shape index (κ1) is 11.3. The first-order valence-electron chi connectivity index (χ1n) is 5.59. The van der Waals surface area contributed by atoms with Gasteiger partial charge in [-0.15, -0.1) is 0 Å². The van der Waals surface area contributed by atoms with Gasteiger partial charge in [-0.05, 0) is 37.8 Å². The van der Waals surface area contributed by atoms with Gasteiger partial charge in [-0.2, -0.15) is 0 Å². The van der Waals surface area contributed by atoms with Crippen molar-refractivity contribution in [3.05, 3.63) is 24.0 Å². The third kappa shape index (κ3) is 2.16. The van der Waals surface area contributed by atoms with Crippen molar-refractivity contribution in [2.24, 2.45) is 11.7 Å². The highest BCUT2D eigenvalue weighted by Gasteiger charge is 2.31. The summed E-state index contributed by atoms with van der Waals surface area (Å²) in [4.78, 5) is 6.85. The van der Waals surface area contributed by atoms with E-state index in [1.165, 1.54) is 12.8 Å². The molecule has 0 aliphatic heterocycles. The van der Waals surface area contributed by atoms with E-state index >= 15 is 0 Å². The smallest absolute Gasteiger partial charge is 0.124 e. The summed E-state index contributed by atoms with van der Waals surface area (Å²) in [5.74, 6) is 0.810. The van der Waals surface area contributed by atoms with Crippen molar-refractivity contribution in [2.75, 3.05) is 11.9 Å². The van der Waals surface area contributed by atoms with Crippen molar-refractivity contribution in [1.82, 2.24) is 4.98 Å². The molecule has 0 spiro atoms. The summed E-state index contributed by atoms with van der Waals surface area (Å²) < 4.78 is 0. The minimum atomic E-state index is 0.366. The molecule has 1 aliphatic carbocycles. The summed E-state index contributed by atoms with van der Waals surface area (Å²) in [7, 11) is 2.09. The van der Waals surface area contributed by atoms with Crippen molar-refractivity contribution in [3.8, 4) is 0 Å². The third-order valence-electron chi connectivity index (χ3n) is 3.31. The zero-order chi connectivity index (χ0) is 11.7. The van der Waals surface area contributed by atoms with Gasteiger partial charge in [0.1, 0.15) is 10.7 Å². The molecule has 0 saturated heterocycles. The number of pyridine rings is 1. The molecule has 1 unspecified atom stereocenters. The number of thiocarbonyl (C=S) groups is 1. The van der Waals surface area contributed by atoms with Crippen LogP contribution in [0.3, 0.4) is 0 Å². The van der Waals surface area contributed by atoms with Gasteiger partial charge in [-0.25, -0.2) is 0 Å². The van der Waals surface area contributed by atoms with Crippen LogP contribution in [0.1, 0.15) is 25.5 Å². The SMILES string of the molecule is CC(C1CC1)N(C)c1cccnc1C(N)=S. The highest BCUT2D eigenvalue weighted by molar-refractivity contribution is 7.80. The lowest BCUT2D eigenvalue weighted by Crippen LogP contribution is -2.32. The van der Waals surface area contributed by atoms with Gasteiger partial charge in [0.15, 0.2) is 0 Å². The minimum Gasteiger partial charge on any atom is -0.388 e. The predicted molar refractivity (Wildman–Crippen MR) is 70.7 cm³/mol. The van der Waals surface area contributed by atoms with Crippen molar-refractivity contribution in [2.45, 2.75) is 25.8 Å². The van der Waals surface area contributed by atoms with Gasteiger partial charge >= 0.3 is 0 Å². The molecule has 1 atom stereocenters. The number of nitrogens with zero attached hydrogens (tertiary/aromatic N) is 2. The number of nitrogens with two attached hydrogens (primary N) is 1. The minimum absolute atomic E-state index is 0.366. The standard InChI is InChI=1S/C12H17N3S/c1-8(9-5-6-9)15(2)10-4-3-7-14-11(10)12(13)16/h3-4,7-9H,5-6H2,1-2H3,(H2,13,16). The lowest BCUT2D eigenvalue weighted by Gasteiger charge is -2.28. The Hall–Kier alpha value is -1.16. The van der Waals surface area contributed by atoms with E-state index in [1.54, 1.807) is 6.20 Å². The van der Waals surface area contributed by atoms with Gasteiger partial charge in [0.2, 0.25) is 0 Å². The van der Waals surface area contributed by atoms with E-state index in [1.807, 2.05) is 12.1 Å². The molecule has 1 aromatic heterocycles. The van der Waals surface area contributed by atoms with E-state index < -0.39 is 0 Å². The Morgan fingerprint density at radius 3 is 2.88 bits per heavy atom. The zero-order valence-electron chi connectivity index (χ0n) is 9.68. The molecule has 0 amide bonds. The Bertz CT molecular complexity index is 401. The summed E-state index contributed by atoms with van der Waals surface area (Å²) in [6, 6.07) is 4.48. The Balaban J connectivity index is 2.27. The molecular formula is C12H17N3S. The molecule has 3 nitrogen and oxygen atoms in total. The average molecular weight is 235 g/mol. The van der Waals surface area contributed by atoms with E-state index in [9.17, 15) is 0 Å². The molecule has 1 aromatic rings. The molecule has 1 fully saturated rings. The summed E-state index contributed by atoms with van der Waals surface area (Å²) in [6.07, 6.45) is 4.38. The van der Waals surface area contributed by atoms with Crippen LogP contribution in [-0.4, -0.2) is 23.1 Å². The average Bonchev–Trinajstić information content (AvgIpc) is 3.11. The summed E-state index contributed by atoms with van der Waals surface area (Å²) in [6.45, 7) is 2.24. The number of hydrogen-bond donors (Lipinski definition) is 1. The van der Waals surface area contributed by atoms with Crippen molar-refractivity contribution in [1.29, 1.82) is 0 Å². The van der Waals surface area contributed by atoms with E-state index in [0.717, 1.165) is 17.3 Å². The first-order valence-corrected chi connectivity index (χ1v) is 5.99. The highest BCUT2D eigenvalue weighted by atomic mass is 32.1. The number of aromatic nitrogens is 1. The maximum Gasteiger partial charge on any atom is 0.124 e. The first-order chi connectivity index (χ1) is 7.61. The van der Waals surface area contributed by atoms with E-state index in [2.05, 4.69) is 23.9 Å². The molecule has 16 heavy (non-hydrogen) atoms. The Morgan fingerprint density at radius 1 is 1.62 bits per heavy atom. The number of rotatable bonds is 4. The largest absolute Gasteiger partial charge is 0.388 e. The van der Waals surface area contributed by atoms with E-state index in [0.29, 0.717) is 11.0 Å². The molecule has 4 heteroatoms. The van der Waals surface area contributed by atoms with Crippen LogP contribution in [0.5, 0.6) is 0 Å². The molecular weight excluding hydrogens is 218 g/mol. The predicted octanol–water partition coefficient (Wildman–Crippen LogP) is 1.95.